The number of nitrogens with zero attached hydrogens (tertiary/aromatic N) is 2. The van der Waals surface area contributed by atoms with E-state index in [1.54, 1.807) is 19.1 Å². The van der Waals surface area contributed by atoms with Gasteiger partial charge in [0.15, 0.2) is 11.6 Å². The summed E-state index contributed by atoms with van der Waals surface area (Å²) in [4.78, 5) is 42.2. The van der Waals surface area contributed by atoms with Gasteiger partial charge in [-0.25, -0.2) is 4.79 Å². The van der Waals surface area contributed by atoms with Crippen molar-refractivity contribution in [1.82, 2.24) is 9.80 Å². The van der Waals surface area contributed by atoms with Crippen molar-refractivity contribution < 1.29 is 23.5 Å². The zero-order valence-electron chi connectivity index (χ0n) is 19.5. The van der Waals surface area contributed by atoms with Gasteiger partial charge in [0, 0.05) is 23.1 Å². The smallest absolute Gasteiger partial charge is 0.342 e. The number of esters is 1. The zero-order valence-corrected chi connectivity index (χ0v) is 19.5. The summed E-state index contributed by atoms with van der Waals surface area (Å²) in [5.41, 5.74) is 1.32. The molecule has 0 atom stereocenters. The van der Waals surface area contributed by atoms with Crippen molar-refractivity contribution in [2.75, 3.05) is 45.9 Å². The second-order valence-corrected chi connectivity index (χ2v) is 7.53. The molecule has 0 spiro atoms. The highest BCUT2D eigenvalue weighted by Gasteiger charge is 2.25. The first-order valence-electron chi connectivity index (χ1n) is 11.0. The average molecular weight is 431 g/mol. The molecule has 0 amide bonds. The van der Waals surface area contributed by atoms with Crippen LogP contribution in [0.25, 0.3) is 11.0 Å². The van der Waals surface area contributed by atoms with Crippen LogP contribution in [0.3, 0.4) is 0 Å². The number of hydrogen-bond acceptors (Lipinski definition) is 7. The van der Waals surface area contributed by atoms with Crippen molar-refractivity contribution in [2.24, 2.45) is 0 Å². The Morgan fingerprint density at radius 3 is 2.10 bits per heavy atom. The summed E-state index contributed by atoms with van der Waals surface area (Å²) < 4.78 is 11.2. The van der Waals surface area contributed by atoms with Crippen LogP contribution in [0.15, 0.2) is 16.5 Å². The molecule has 7 heteroatoms. The first kappa shape index (κ1) is 24.8. The molecule has 0 saturated heterocycles. The lowest BCUT2D eigenvalue weighted by molar-refractivity contribution is 0.0466. The van der Waals surface area contributed by atoms with E-state index >= 15 is 0 Å². The standard InChI is InChI=1S/C24H34N2O5/c1-7-25(8-2)11-12-30-24(29)23-17(6)31-22-14-18(16(5)27)19(13-20(22)23)21(28)15-26(9-3)10-4/h13-14H,7-12,15H2,1-6H3. The fraction of sp³-hybridized carbons (Fsp3) is 0.542. The molecule has 0 fully saturated rings. The van der Waals surface area contributed by atoms with Gasteiger partial charge < -0.3 is 14.1 Å². The van der Waals surface area contributed by atoms with Gasteiger partial charge in [-0.05, 0) is 52.2 Å². The van der Waals surface area contributed by atoms with Crippen LogP contribution in [-0.4, -0.2) is 73.2 Å². The summed E-state index contributed by atoms with van der Waals surface area (Å²) in [6, 6.07) is 3.17. The van der Waals surface area contributed by atoms with Crippen LogP contribution in [0.5, 0.6) is 0 Å². The van der Waals surface area contributed by atoms with Crippen molar-refractivity contribution in [3.8, 4) is 0 Å². The molecule has 0 bridgehead atoms. The lowest BCUT2D eigenvalue weighted by Crippen LogP contribution is -2.30. The molecule has 0 radical (unpaired) electrons. The van der Waals surface area contributed by atoms with Gasteiger partial charge in [-0.1, -0.05) is 27.7 Å². The van der Waals surface area contributed by atoms with Gasteiger partial charge in [-0.15, -0.1) is 0 Å². The Bertz CT molecular complexity index is 939. The summed E-state index contributed by atoms with van der Waals surface area (Å²) in [6.45, 7) is 15.5. The summed E-state index contributed by atoms with van der Waals surface area (Å²) in [5.74, 6) is -0.454. The summed E-state index contributed by atoms with van der Waals surface area (Å²) in [5, 5.41) is 0.498. The topological polar surface area (TPSA) is 80.1 Å². The predicted octanol–water partition coefficient (Wildman–Crippen LogP) is 3.97. The van der Waals surface area contributed by atoms with E-state index in [0.717, 1.165) is 26.2 Å². The SMILES string of the molecule is CCN(CC)CCOC(=O)c1c(C)oc2cc(C(C)=O)c(C(=O)CN(CC)CC)cc12. The molecule has 1 aromatic heterocycles. The van der Waals surface area contributed by atoms with E-state index in [4.69, 9.17) is 9.15 Å². The number of fused-ring (bicyclic) bond motifs is 1. The highest BCUT2D eigenvalue weighted by Crippen LogP contribution is 2.30. The first-order chi connectivity index (χ1) is 14.8. The second-order valence-electron chi connectivity index (χ2n) is 7.53. The van der Waals surface area contributed by atoms with Crippen molar-refractivity contribution in [3.63, 3.8) is 0 Å². The second kappa shape index (κ2) is 11.2. The normalized spacial score (nSPS) is 11.5. The molecule has 31 heavy (non-hydrogen) atoms. The molecule has 7 nitrogen and oxygen atoms in total. The molecular weight excluding hydrogens is 396 g/mol. The van der Waals surface area contributed by atoms with Crippen LogP contribution in [-0.2, 0) is 4.74 Å². The van der Waals surface area contributed by atoms with Crippen molar-refractivity contribution in [2.45, 2.75) is 41.5 Å². The number of aryl methyl sites for hydroxylation is 1. The van der Waals surface area contributed by atoms with E-state index in [-0.39, 0.29) is 24.7 Å². The van der Waals surface area contributed by atoms with Crippen LogP contribution in [0.2, 0.25) is 0 Å². The first-order valence-corrected chi connectivity index (χ1v) is 11.0. The van der Waals surface area contributed by atoms with Gasteiger partial charge in [-0.2, -0.15) is 0 Å². The Kier molecular flexibility index (Phi) is 8.95. The van der Waals surface area contributed by atoms with Crippen LogP contribution in [0, 0.1) is 6.92 Å². The molecule has 0 saturated carbocycles. The van der Waals surface area contributed by atoms with Crippen LogP contribution < -0.4 is 0 Å². The minimum Gasteiger partial charge on any atom is -0.461 e. The molecule has 0 aliphatic rings. The number of carbonyl (C=O) groups is 3. The number of Topliss-reactive ketones (excluding diaryl/α,β-unsaturated/α-hetero) is 2. The maximum atomic E-state index is 13.0. The van der Waals surface area contributed by atoms with Gasteiger partial charge in [0.1, 0.15) is 23.5 Å². The maximum Gasteiger partial charge on any atom is 0.342 e. The van der Waals surface area contributed by atoms with Gasteiger partial charge in [-0.3, -0.25) is 14.5 Å². The molecule has 2 rings (SSSR count). The third-order valence-corrected chi connectivity index (χ3v) is 5.68. The fourth-order valence-corrected chi connectivity index (χ4v) is 3.66. The number of ketones is 2. The summed E-state index contributed by atoms with van der Waals surface area (Å²) in [7, 11) is 0. The van der Waals surface area contributed by atoms with Gasteiger partial charge in [0.05, 0.1) is 6.54 Å². The number of rotatable bonds is 12. The number of ether oxygens (including phenoxy) is 1. The number of hydrogen-bond donors (Lipinski definition) is 0. The number of carbonyl (C=O) groups excluding carboxylic acids is 3. The maximum absolute atomic E-state index is 13.0. The monoisotopic (exact) mass is 430 g/mol. The van der Waals surface area contributed by atoms with Crippen molar-refractivity contribution in [1.29, 1.82) is 0 Å². The van der Waals surface area contributed by atoms with E-state index in [1.165, 1.54) is 6.92 Å². The Balaban J connectivity index is 2.41. The van der Waals surface area contributed by atoms with Gasteiger partial charge in [0.25, 0.3) is 0 Å². The minimum absolute atomic E-state index is 0.157. The fourth-order valence-electron chi connectivity index (χ4n) is 3.66. The molecule has 0 N–H and O–H groups in total. The number of furan rings is 1. The molecule has 0 aliphatic heterocycles. The molecule has 0 unspecified atom stereocenters. The van der Waals surface area contributed by atoms with E-state index < -0.39 is 5.97 Å². The van der Waals surface area contributed by atoms with Gasteiger partial charge >= 0.3 is 5.97 Å². The lowest BCUT2D eigenvalue weighted by atomic mass is 9.97. The van der Waals surface area contributed by atoms with Crippen LogP contribution >= 0.6 is 0 Å². The van der Waals surface area contributed by atoms with Crippen LogP contribution in [0.4, 0.5) is 0 Å². The summed E-state index contributed by atoms with van der Waals surface area (Å²) in [6.07, 6.45) is 0. The highest BCUT2D eigenvalue weighted by molar-refractivity contribution is 6.14. The molecule has 1 aromatic carbocycles. The zero-order chi connectivity index (χ0) is 23.1. The van der Waals surface area contributed by atoms with E-state index in [9.17, 15) is 14.4 Å². The molecule has 170 valence electrons. The molecule has 1 heterocycles. The third kappa shape index (κ3) is 5.80. The van der Waals surface area contributed by atoms with E-state index in [0.29, 0.717) is 40.0 Å². The summed E-state index contributed by atoms with van der Waals surface area (Å²) >= 11 is 0. The predicted molar refractivity (Wildman–Crippen MR) is 121 cm³/mol. The van der Waals surface area contributed by atoms with Gasteiger partial charge in [0.2, 0.25) is 0 Å². The Labute approximate surface area is 184 Å². The minimum atomic E-state index is -0.485. The van der Waals surface area contributed by atoms with Crippen LogP contribution in [0.1, 0.15) is 71.5 Å². The molecular formula is C24H34N2O5. The number of likely N-dealkylation sites (N-methyl/N-ethyl adjacent to an activating group) is 2. The highest BCUT2D eigenvalue weighted by atomic mass is 16.5. The Morgan fingerprint density at radius 2 is 1.55 bits per heavy atom. The Morgan fingerprint density at radius 1 is 0.935 bits per heavy atom. The van der Waals surface area contributed by atoms with Crippen molar-refractivity contribution >= 4 is 28.5 Å². The van der Waals surface area contributed by atoms with E-state index in [1.807, 2.05) is 18.7 Å². The van der Waals surface area contributed by atoms with Crippen molar-refractivity contribution in [3.05, 3.63) is 34.6 Å². The van der Waals surface area contributed by atoms with E-state index in [2.05, 4.69) is 18.7 Å². The Hall–Kier alpha value is -2.51. The molecule has 2 aromatic rings. The third-order valence-electron chi connectivity index (χ3n) is 5.68. The quantitative estimate of drug-likeness (QED) is 0.372. The largest absolute Gasteiger partial charge is 0.461 e. The lowest BCUT2D eigenvalue weighted by Gasteiger charge is -2.18. The average Bonchev–Trinajstić information content (AvgIpc) is 3.08. The number of benzene rings is 1. The molecule has 0 aliphatic carbocycles.